The number of aromatic nitrogens is 1. The summed E-state index contributed by atoms with van der Waals surface area (Å²) in [6.45, 7) is 6.12. The molecular formula is C21H17NO3. The van der Waals surface area contributed by atoms with E-state index in [1.165, 1.54) is 11.1 Å². The monoisotopic (exact) mass is 331 g/mol. The lowest BCUT2D eigenvalue weighted by atomic mass is 10.0. The van der Waals surface area contributed by atoms with Crippen molar-refractivity contribution < 1.29 is 13.6 Å². The topological polar surface area (TPSA) is 56.2 Å². The number of aryl methyl sites for hydroxylation is 3. The molecule has 2 aromatic carbocycles. The van der Waals surface area contributed by atoms with Crippen LogP contribution in [0.3, 0.4) is 0 Å². The summed E-state index contributed by atoms with van der Waals surface area (Å²) in [7, 11) is 0. The minimum absolute atomic E-state index is 0.313. The average molecular weight is 331 g/mol. The van der Waals surface area contributed by atoms with Crippen LogP contribution in [0.4, 0.5) is 0 Å². The number of nitrogens with zero attached hydrogens (tertiary/aromatic N) is 1. The zero-order valence-corrected chi connectivity index (χ0v) is 14.3. The van der Waals surface area contributed by atoms with Gasteiger partial charge in [-0.3, -0.25) is 4.79 Å². The molecule has 0 N–H and O–H groups in total. The van der Waals surface area contributed by atoms with Crippen LogP contribution in [0.25, 0.3) is 33.9 Å². The fourth-order valence-electron chi connectivity index (χ4n) is 2.88. The number of rotatable bonds is 3. The molecular weight excluding hydrogens is 314 g/mol. The van der Waals surface area contributed by atoms with Crippen LogP contribution < -0.4 is 0 Å². The van der Waals surface area contributed by atoms with Crippen molar-refractivity contribution in [2.75, 3.05) is 0 Å². The number of hydrogen-bond acceptors (Lipinski definition) is 4. The second-order valence-electron chi connectivity index (χ2n) is 6.27. The van der Waals surface area contributed by atoms with Crippen molar-refractivity contribution in [2.24, 2.45) is 0 Å². The number of furan rings is 1. The Bertz CT molecular complexity index is 1060. The second-order valence-corrected chi connectivity index (χ2v) is 6.27. The van der Waals surface area contributed by atoms with E-state index < -0.39 is 0 Å². The summed E-state index contributed by atoms with van der Waals surface area (Å²) in [5.41, 5.74) is 6.84. The molecule has 2 heterocycles. The molecule has 0 fully saturated rings. The first-order valence-electron chi connectivity index (χ1n) is 8.09. The van der Waals surface area contributed by atoms with E-state index in [9.17, 15) is 4.79 Å². The van der Waals surface area contributed by atoms with Crippen LogP contribution in [0.2, 0.25) is 0 Å². The van der Waals surface area contributed by atoms with Crippen molar-refractivity contribution in [1.29, 1.82) is 0 Å². The summed E-state index contributed by atoms with van der Waals surface area (Å²) in [6.07, 6.45) is 0.703. The van der Waals surface area contributed by atoms with Crippen LogP contribution in [0, 0.1) is 20.8 Å². The summed E-state index contributed by atoms with van der Waals surface area (Å²) < 4.78 is 11.5. The molecule has 0 radical (unpaired) electrons. The van der Waals surface area contributed by atoms with Crippen molar-refractivity contribution >= 4 is 17.4 Å². The Morgan fingerprint density at radius 1 is 0.880 bits per heavy atom. The molecule has 2 aromatic heterocycles. The molecule has 4 aromatic rings. The molecule has 0 aliphatic rings. The highest BCUT2D eigenvalue weighted by Crippen LogP contribution is 2.32. The zero-order valence-electron chi connectivity index (χ0n) is 14.3. The number of carbonyl (C=O) groups is 1. The lowest BCUT2D eigenvalue weighted by molar-refractivity contribution is 0.110. The van der Waals surface area contributed by atoms with Crippen molar-refractivity contribution in [3.05, 3.63) is 64.9 Å². The van der Waals surface area contributed by atoms with Crippen molar-refractivity contribution in [2.45, 2.75) is 20.8 Å². The Morgan fingerprint density at radius 3 is 2.44 bits per heavy atom. The third kappa shape index (κ3) is 2.66. The number of carbonyl (C=O) groups excluding carboxylic acids is 1. The molecule has 0 aliphatic heterocycles. The smallest absolute Gasteiger partial charge is 0.227 e. The molecule has 0 atom stereocenters. The van der Waals surface area contributed by atoms with E-state index in [4.69, 9.17) is 8.83 Å². The second kappa shape index (κ2) is 5.74. The molecule has 4 heteroatoms. The Morgan fingerprint density at radius 2 is 1.68 bits per heavy atom. The number of fused-ring (bicyclic) bond motifs is 1. The highest BCUT2D eigenvalue weighted by atomic mass is 16.4. The Labute approximate surface area is 145 Å². The van der Waals surface area contributed by atoms with Crippen LogP contribution in [0.5, 0.6) is 0 Å². The van der Waals surface area contributed by atoms with Gasteiger partial charge in [0.2, 0.25) is 5.89 Å². The van der Waals surface area contributed by atoms with Gasteiger partial charge in [-0.25, -0.2) is 4.98 Å². The van der Waals surface area contributed by atoms with E-state index in [2.05, 4.69) is 18.8 Å². The molecule has 25 heavy (non-hydrogen) atoms. The minimum atomic E-state index is 0.313. The maximum absolute atomic E-state index is 10.9. The van der Waals surface area contributed by atoms with Gasteiger partial charge in [0.15, 0.2) is 17.6 Å². The van der Waals surface area contributed by atoms with Crippen LogP contribution in [0.1, 0.15) is 27.2 Å². The fourth-order valence-corrected chi connectivity index (χ4v) is 2.88. The lowest BCUT2D eigenvalue weighted by Crippen LogP contribution is -1.85. The molecule has 0 saturated carbocycles. The van der Waals surface area contributed by atoms with Crippen molar-refractivity contribution in [3.8, 4) is 22.8 Å². The van der Waals surface area contributed by atoms with Crippen LogP contribution in [0.15, 0.2) is 51.3 Å². The normalized spacial score (nSPS) is 11.2. The first kappa shape index (κ1) is 15.4. The number of oxazole rings is 1. The highest BCUT2D eigenvalue weighted by Gasteiger charge is 2.13. The van der Waals surface area contributed by atoms with E-state index in [1.807, 2.05) is 37.3 Å². The molecule has 0 aliphatic carbocycles. The minimum Gasteiger partial charge on any atom is -0.453 e. The number of benzene rings is 2. The van der Waals surface area contributed by atoms with E-state index >= 15 is 0 Å². The Balaban J connectivity index is 1.83. The SMILES string of the molecule is Cc1cc2nc(-c3ccc(C)c(-c4ccc(C=O)o4)c3)oc2cc1C. The number of aldehydes is 1. The molecule has 0 spiro atoms. The van der Waals surface area contributed by atoms with E-state index in [0.717, 1.165) is 27.8 Å². The van der Waals surface area contributed by atoms with E-state index in [1.54, 1.807) is 12.1 Å². The van der Waals surface area contributed by atoms with Gasteiger partial charge in [-0.1, -0.05) is 6.07 Å². The lowest BCUT2D eigenvalue weighted by Gasteiger charge is -2.04. The summed E-state index contributed by atoms with van der Waals surface area (Å²) in [4.78, 5) is 15.5. The van der Waals surface area contributed by atoms with Gasteiger partial charge in [0.25, 0.3) is 0 Å². The van der Waals surface area contributed by atoms with Gasteiger partial charge >= 0.3 is 0 Å². The quantitative estimate of drug-likeness (QED) is 0.466. The average Bonchev–Trinajstić information content (AvgIpc) is 3.22. The largest absolute Gasteiger partial charge is 0.453 e. The van der Waals surface area contributed by atoms with E-state index in [0.29, 0.717) is 23.7 Å². The summed E-state index contributed by atoms with van der Waals surface area (Å²) >= 11 is 0. The van der Waals surface area contributed by atoms with Gasteiger partial charge < -0.3 is 8.83 Å². The van der Waals surface area contributed by atoms with E-state index in [-0.39, 0.29) is 0 Å². The van der Waals surface area contributed by atoms with Crippen LogP contribution >= 0.6 is 0 Å². The molecule has 0 bridgehead atoms. The summed E-state index contributed by atoms with van der Waals surface area (Å²) in [5, 5.41) is 0. The first-order valence-corrected chi connectivity index (χ1v) is 8.09. The third-order valence-corrected chi connectivity index (χ3v) is 4.50. The Kier molecular flexibility index (Phi) is 3.53. The predicted octanol–water partition coefficient (Wildman–Crippen LogP) is 5.49. The molecule has 0 saturated heterocycles. The van der Waals surface area contributed by atoms with Crippen molar-refractivity contribution in [3.63, 3.8) is 0 Å². The third-order valence-electron chi connectivity index (χ3n) is 4.50. The summed E-state index contributed by atoms with van der Waals surface area (Å²) in [6, 6.07) is 13.5. The van der Waals surface area contributed by atoms with Gasteiger partial charge in [-0.05, 0) is 73.9 Å². The summed E-state index contributed by atoms with van der Waals surface area (Å²) in [5.74, 6) is 1.54. The molecule has 4 nitrogen and oxygen atoms in total. The Hall–Kier alpha value is -3.14. The maximum atomic E-state index is 10.9. The van der Waals surface area contributed by atoms with Crippen LogP contribution in [-0.4, -0.2) is 11.3 Å². The molecule has 0 unspecified atom stereocenters. The first-order chi connectivity index (χ1) is 12.0. The fraction of sp³-hybridized carbons (Fsp3) is 0.143. The molecule has 0 amide bonds. The highest BCUT2D eigenvalue weighted by molar-refractivity contribution is 5.79. The standard InChI is InChI=1S/C21H17NO3/c1-12-4-5-15(10-17(12)19-7-6-16(11-23)24-19)21-22-18-8-13(2)14(3)9-20(18)25-21/h4-11H,1-3H3. The van der Waals surface area contributed by atoms with Gasteiger partial charge in [-0.15, -0.1) is 0 Å². The predicted molar refractivity (Wildman–Crippen MR) is 96.7 cm³/mol. The van der Waals surface area contributed by atoms with Gasteiger partial charge in [0.05, 0.1) is 0 Å². The van der Waals surface area contributed by atoms with Gasteiger partial charge in [-0.2, -0.15) is 0 Å². The van der Waals surface area contributed by atoms with Crippen LogP contribution in [-0.2, 0) is 0 Å². The van der Waals surface area contributed by atoms with Gasteiger partial charge in [0, 0.05) is 11.1 Å². The molecule has 124 valence electrons. The van der Waals surface area contributed by atoms with Crippen molar-refractivity contribution in [1.82, 2.24) is 4.98 Å². The molecule has 4 rings (SSSR count). The zero-order chi connectivity index (χ0) is 17.6. The van der Waals surface area contributed by atoms with Gasteiger partial charge in [0.1, 0.15) is 11.3 Å². The number of hydrogen-bond donors (Lipinski definition) is 0. The maximum Gasteiger partial charge on any atom is 0.227 e.